The molecule has 0 bridgehead atoms. The van der Waals surface area contributed by atoms with Gasteiger partial charge in [-0.05, 0) is 54.7 Å². The number of benzene rings is 2. The van der Waals surface area contributed by atoms with E-state index < -0.39 is 12.6 Å². The average Bonchev–Trinajstić information content (AvgIpc) is 2.56. The molecule has 6 heteroatoms. The van der Waals surface area contributed by atoms with E-state index in [1.165, 1.54) is 18.2 Å². The number of amides is 1. The molecular formula is C19H18FNO4. The van der Waals surface area contributed by atoms with Gasteiger partial charge in [0.25, 0.3) is 5.91 Å². The summed E-state index contributed by atoms with van der Waals surface area (Å²) >= 11 is 0. The summed E-state index contributed by atoms with van der Waals surface area (Å²) in [6.45, 7) is -0.455. The van der Waals surface area contributed by atoms with Gasteiger partial charge in [-0.1, -0.05) is 18.2 Å². The monoisotopic (exact) mass is 343 g/mol. The molecule has 2 aromatic carbocycles. The zero-order valence-electron chi connectivity index (χ0n) is 13.4. The first-order valence-corrected chi connectivity index (χ1v) is 8.02. The molecule has 0 atom stereocenters. The minimum absolute atomic E-state index is 0.0457. The Balaban J connectivity index is 1.53. The van der Waals surface area contributed by atoms with Gasteiger partial charge in [-0.15, -0.1) is 0 Å². The second kappa shape index (κ2) is 7.34. The summed E-state index contributed by atoms with van der Waals surface area (Å²) in [6.07, 6.45) is 1.54. The lowest BCUT2D eigenvalue weighted by Crippen LogP contribution is -2.43. The summed E-state index contributed by atoms with van der Waals surface area (Å²) in [5.41, 5.74) is 1.37. The molecule has 0 heterocycles. The standard InChI is InChI=1S/C19H18FNO4/c20-15-5-1-3-12(7-15)14-8-16(9-14)21-19(24)13-4-2-6-17(10-13)25-11-18(22)23/h1-7,10,14,16H,8-9,11H2,(H,21,24)(H,22,23). The molecule has 1 aliphatic carbocycles. The molecule has 1 saturated carbocycles. The number of aliphatic carboxylic acids is 1. The van der Waals surface area contributed by atoms with Crippen LogP contribution in [0.3, 0.4) is 0 Å². The maximum atomic E-state index is 13.2. The lowest BCUT2D eigenvalue weighted by molar-refractivity contribution is -0.139. The normalized spacial score (nSPS) is 18.9. The molecule has 0 aromatic heterocycles. The predicted octanol–water partition coefficient (Wildman–Crippen LogP) is 2.97. The Morgan fingerprint density at radius 2 is 1.92 bits per heavy atom. The molecule has 2 aromatic rings. The number of carbonyl (C=O) groups is 2. The van der Waals surface area contributed by atoms with Gasteiger partial charge in [0.2, 0.25) is 0 Å². The highest BCUT2D eigenvalue weighted by Crippen LogP contribution is 2.37. The highest BCUT2D eigenvalue weighted by molar-refractivity contribution is 5.94. The molecule has 25 heavy (non-hydrogen) atoms. The van der Waals surface area contributed by atoms with E-state index in [1.807, 2.05) is 6.07 Å². The fourth-order valence-electron chi connectivity index (χ4n) is 2.91. The van der Waals surface area contributed by atoms with Gasteiger partial charge in [0.1, 0.15) is 11.6 Å². The number of halogens is 1. The quantitative estimate of drug-likeness (QED) is 0.845. The lowest BCUT2D eigenvalue weighted by atomic mass is 9.76. The number of carboxylic acid groups (broad SMARTS) is 1. The van der Waals surface area contributed by atoms with E-state index in [-0.39, 0.29) is 23.7 Å². The molecule has 0 spiro atoms. The van der Waals surface area contributed by atoms with Crippen LogP contribution in [0.25, 0.3) is 0 Å². The Labute approximate surface area is 144 Å². The molecular weight excluding hydrogens is 325 g/mol. The second-order valence-corrected chi connectivity index (χ2v) is 6.10. The van der Waals surface area contributed by atoms with E-state index in [2.05, 4.69) is 5.32 Å². The highest BCUT2D eigenvalue weighted by atomic mass is 19.1. The molecule has 1 fully saturated rings. The summed E-state index contributed by atoms with van der Waals surface area (Å²) in [4.78, 5) is 22.8. The van der Waals surface area contributed by atoms with Crippen molar-refractivity contribution in [1.29, 1.82) is 0 Å². The van der Waals surface area contributed by atoms with Crippen molar-refractivity contribution >= 4 is 11.9 Å². The van der Waals surface area contributed by atoms with Crippen molar-refractivity contribution in [2.24, 2.45) is 0 Å². The third kappa shape index (κ3) is 4.35. The van der Waals surface area contributed by atoms with Gasteiger partial charge < -0.3 is 15.2 Å². The van der Waals surface area contributed by atoms with Gasteiger partial charge in [-0.3, -0.25) is 4.79 Å². The SMILES string of the molecule is O=C(O)COc1cccc(C(=O)NC2CC(c3cccc(F)c3)C2)c1. The van der Waals surface area contributed by atoms with Crippen LogP contribution in [0.2, 0.25) is 0 Å². The van der Waals surface area contributed by atoms with Crippen molar-refractivity contribution in [3.8, 4) is 5.75 Å². The Morgan fingerprint density at radius 3 is 2.64 bits per heavy atom. The number of carboxylic acids is 1. The number of ether oxygens (including phenoxy) is 1. The van der Waals surface area contributed by atoms with Gasteiger partial charge in [0.05, 0.1) is 0 Å². The number of carbonyl (C=O) groups excluding carboxylic acids is 1. The van der Waals surface area contributed by atoms with Crippen molar-refractivity contribution < 1.29 is 23.8 Å². The van der Waals surface area contributed by atoms with Crippen molar-refractivity contribution in [3.63, 3.8) is 0 Å². The average molecular weight is 343 g/mol. The molecule has 1 aliphatic rings. The number of nitrogens with one attached hydrogen (secondary N) is 1. The molecule has 0 aliphatic heterocycles. The topological polar surface area (TPSA) is 75.6 Å². The smallest absolute Gasteiger partial charge is 0.341 e. The maximum Gasteiger partial charge on any atom is 0.341 e. The Hall–Kier alpha value is -2.89. The minimum atomic E-state index is -1.08. The number of rotatable bonds is 6. The van der Waals surface area contributed by atoms with Crippen LogP contribution in [0.1, 0.15) is 34.7 Å². The van der Waals surface area contributed by atoms with Crippen molar-refractivity contribution in [2.75, 3.05) is 6.61 Å². The molecule has 1 amide bonds. The third-order valence-electron chi connectivity index (χ3n) is 4.25. The zero-order valence-corrected chi connectivity index (χ0v) is 13.4. The Kier molecular flexibility index (Phi) is 4.97. The van der Waals surface area contributed by atoms with Crippen LogP contribution in [0.5, 0.6) is 5.75 Å². The van der Waals surface area contributed by atoms with E-state index >= 15 is 0 Å². The van der Waals surface area contributed by atoms with E-state index in [1.54, 1.807) is 24.3 Å². The second-order valence-electron chi connectivity index (χ2n) is 6.10. The zero-order chi connectivity index (χ0) is 17.8. The Morgan fingerprint density at radius 1 is 1.16 bits per heavy atom. The largest absolute Gasteiger partial charge is 0.482 e. The third-order valence-corrected chi connectivity index (χ3v) is 4.25. The summed E-state index contributed by atoms with van der Waals surface area (Å²) < 4.78 is 18.3. The molecule has 2 N–H and O–H groups in total. The van der Waals surface area contributed by atoms with Gasteiger partial charge in [-0.2, -0.15) is 0 Å². The van der Waals surface area contributed by atoms with Gasteiger partial charge in [0.15, 0.2) is 6.61 Å². The maximum absolute atomic E-state index is 13.2. The van der Waals surface area contributed by atoms with Crippen LogP contribution < -0.4 is 10.1 Å². The first kappa shape index (κ1) is 17.0. The Bertz CT molecular complexity index is 786. The van der Waals surface area contributed by atoms with Crippen LogP contribution in [0.15, 0.2) is 48.5 Å². The molecule has 130 valence electrons. The van der Waals surface area contributed by atoms with E-state index in [9.17, 15) is 14.0 Å². The fourth-order valence-corrected chi connectivity index (χ4v) is 2.91. The van der Waals surface area contributed by atoms with Crippen LogP contribution in [-0.4, -0.2) is 29.6 Å². The van der Waals surface area contributed by atoms with Gasteiger partial charge in [0, 0.05) is 11.6 Å². The van der Waals surface area contributed by atoms with E-state index in [4.69, 9.17) is 9.84 Å². The fraction of sp³-hybridized carbons (Fsp3) is 0.263. The van der Waals surface area contributed by atoms with Gasteiger partial charge >= 0.3 is 5.97 Å². The van der Waals surface area contributed by atoms with Crippen LogP contribution in [0, 0.1) is 5.82 Å². The molecule has 0 saturated heterocycles. The first-order chi connectivity index (χ1) is 12.0. The molecule has 5 nitrogen and oxygen atoms in total. The molecule has 0 unspecified atom stereocenters. The lowest BCUT2D eigenvalue weighted by Gasteiger charge is -2.36. The number of hydrogen-bond acceptors (Lipinski definition) is 3. The minimum Gasteiger partial charge on any atom is -0.482 e. The van der Waals surface area contributed by atoms with E-state index in [0.29, 0.717) is 11.3 Å². The van der Waals surface area contributed by atoms with Crippen LogP contribution in [-0.2, 0) is 4.79 Å². The highest BCUT2D eigenvalue weighted by Gasteiger charge is 2.31. The summed E-state index contributed by atoms with van der Waals surface area (Å²) in [6, 6.07) is 13.0. The van der Waals surface area contributed by atoms with Crippen LogP contribution in [0.4, 0.5) is 4.39 Å². The van der Waals surface area contributed by atoms with E-state index in [0.717, 1.165) is 18.4 Å². The van der Waals surface area contributed by atoms with Crippen molar-refractivity contribution in [3.05, 3.63) is 65.5 Å². The summed E-state index contributed by atoms with van der Waals surface area (Å²) in [5, 5.41) is 11.6. The van der Waals surface area contributed by atoms with Crippen molar-refractivity contribution in [2.45, 2.75) is 24.8 Å². The number of hydrogen-bond donors (Lipinski definition) is 2. The van der Waals surface area contributed by atoms with Crippen molar-refractivity contribution in [1.82, 2.24) is 5.32 Å². The molecule has 0 radical (unpaired) electrons. The van der Waals surface area contributed by atoms with Crippen LogP contribution >= 0.6 is 0 Å². The molecule has 3 rings (SSSR count). The summed E-state index contributed by atoms with van der Waals surface area (Å²) in [7, 11) is 0. The first-order valence-electron chi connectivity index (χ1n) is 8.02. The summed E-state index contributed by atoms with van der Waals surface area (Å²) in [5.74, 6) is -0.966. The van der Waals surface area contributed by atoms with Gasteiger partial charge in [-0.25, -0.2) is 9.18 Å². The predicted molar refractivity (Wildman–Crippen MR) is 89.2 cm³/mol.